The smallest absolute Gasteiger partial charge is 0.335 e. The minimum absolute atomic E-state index is 0.0583. The van der Waals surface area contributed by atoms with Crippen LogP contribution in [-0.2, 0) is 16.4 Å². The average Bonchev–Trinajstić information content (AvgIpc) is 2.66. The van der Waals surface area contributed by atoms with E-state index in [4.69, 9.17) is 11.6 Å². The number of carbonyl (C=O) groups is 1. The van der Waals surface area contributed by atoms with Crippen molar-refractivity contribution in [3.63, 3.8) is 0 Å². The van der Waals surface area contributed by atoms with Crippen molar-refractivity contribution in [1.29, 1.82) is 0 Å². The topological polar surface area (TPSA) is 86.7 Å². The molecule has 0 amide bonds. The van der Waals surface area contributed by atoms with Crippen LogP contribution in [0.2, 0.25) is 5.02 Å². The Bertz CT molecular complexity index is 1080. The molecule has 1 heterocycles. The molecule has 162 valence electrons. The number of hydrogen-bond acceptors (Lipinski definition) is 4. The number of alkyl halides is 2. The number of rotatable bonds is 6. The molecule has 1 aliphatic heterocycles. The van der Waals surface area contributed by atoms with Crippen LogP contribution in [-0.4, -0.2) is 38.5 Å². The second-order valence-electron chi connectivity index (χ2n) is 7.13. The fourth-order valence-corrected chi connectivity index (χ4v) is 5.04. The molecule has 1 saturated heterocycles. The number of carboxylic acid groups (broad SMARTS) is 1. The highest BCUT2D eigenvalue weighted by Crippen LogP contribution is 2.36. The van der Waals surface area contributed by atoms with Gasteiger partial charge in [-0.15, -0.1) is 0 Å². The molecule has 3 rings (SSSR count). The number of hydrogen-bond donors (Lipinski definition) is 2. The monoisotopic (exact) mass is 458 g/mol. The molecular weight excluding hydrogens is 438 g/mol. The van der Waals surface area contributed by atoms with Crippen molar-refractivity contribution < 1.29 is 27.1 Å². The molecule has 0 bridgehead atoms. The van der Waals surface area contributed by atoms with Crippen LogP contribution < -0.4 is 9.62 Å². The van der Waals surface area contributed by atoms with Gasteiger partial charge in [0.15, 0.2) is 0 Å². The number of halogens is 3. The fourth-order valence-electron chi connectivity index (χ4n) is 3.47. The van der Waals surface area contributed by atoms with Gasteiger partial charge in [0.05, 0.1) is 28.4 Å². The average molecular weight is 459 g/mol. The van der Waals surface area contributed by atoms with Gasteiger partial charge in [-0.05, 0) is 48.7 Å². The van der Waals surface area contributed by atoms with Gasteiger partial charge in [0.25, 0.3) is 15.9 Å². The lowest BCUT2D eigenvalue weighted by Crippen LogP contribution is -2.43. The van der Waals surface area contributed by atoms with Crippen LogP contribution in [0.4, 0.5) is 20.2 Å². The Labute approximate surface area is 178 Å². The minimum atomic E-state index is -4.20. The zero-order valence-electron chi connectivity index (χ0n) is 16.2. The highest BCUT2D eigenvalue weighted by Gasteiger charge is 2.36. The van der Waals surface area contributed by atoms with E-state index in [2.05, 4.69) is 4.72 Å². The van der Waals surface area contributed by atoms with Gasteiger partial charge < -0.3 is 10.0 Å². The van der Waals surface area contributed by atoms with Crippen LogP contribution in [0.3, 0.4) is 0 Å². The number of benzene rings is 2. The first kappa shape index (κ1) is 22.3. The summed E-state index contributed by atoms with van der Waals surface area (Å²) in [6, 6.07) is 8.22. The number of anilines is 2. The standard InChI is InChI=1S/C20H21ClF2N2O4S/c1-2-13-4-5-14(19(26)27)10-18(13)30(28,29)24-16-11-15(21)6-7-17(16)25-9-3-8-20(22,23)12-25/h4-7,10-11,24H,2-3,8-9,12H2,1H3,(H,26,27). The molecule has 0 atom stereocenters. The maximum absolute atomic E-state index is 13.9. The molecule has 10 heteroatoms. The van der Waals surface area contributed by atoms with Crippen molar-refractivity contribution in [3.8, 4) is 0 Å². The molecule has 2 N–H and O–H groups in total. The van der Waals surface area contributed by atoms with E-state index in [9.17, 15) is 27.1 Å². The lowest BCUT2D eigenvalue weighted by Gasteiger charge is -2.35. The first-order chi connectivity index (χ1) is 14.0. The number of nitrogens with zero attached hydrogens (tertiary/aromatic N) is 1. The van der Waals surface area contributed by atoms with Crippen LogP contribution in [0, 0.1) is 0 Å². The second-order valence-corrected chi connectivity index (χ2v) is 9.22. The number of piperidine rings is 1. The van der Waals surface area contributed by atoms with Crippen molar-refractivity contribution in [2.24, 2.45) is 0 Å². The Hall–Kier alpha value is -2.39. The van der Waals surface area contributed by atoms with Crippen molar-refractivity contribution in [2.45, 2.75) is 37.0 Å². The summed E-state index contributed by atoms with van der Waals surface area (Å²) >= 11 is 6.03. The third kappa shape index (κ3) is 4.84. The Morgan fingerprint density at radius 3 is 2.63 bits per heavy atom. The van der Waals surface area contributed by atoms with Crippen molar-refractivity contribution in [3.05, 3.63) is 52.5 Å². The van der Waals surface area contributed by atoms with Crippen molar-refractivity contribution in [1.82, 2.24) is 0 Å². The Morgan fingerprint density at radius 1 is 1.27 bits per heavy atom. The van der Waals surface area contributed by atoms with E-state index in [-0.39, 0.29) is 39.7 Å². The van der Waals surface area contributed by atoms with Crippen LogP contribution in [0.25, 0.3) is 0 Å². The molecule has 0 saturated carbocycles. The van der Waals surface area contributed by atoms with Crippen LogP contribution in [0.15, 0.2) is 41.3 Å². The lowest BCUT2D eigenvalue weighted by atomic mass is 10.1. The Morgan fingerprint density at radius 2 is 2.00 bits per heavy atom. The van der Waals surface area contributed by atoms with Crippen LogP contribution in [0.5, 0.6) is 0 Å². The van der Waals surface area contributed by atoms with Crippen LogP contribution >= 0.6 is 11.6 Å². The van der Waals surface area contributed by atoms with Crippen molar-refractivity contribution >= 4 is 39.0 Å². The minimum Gasteiger partial charge on any atom is -0.478 e. The first-order valence-electron chi connectivity index (χ1n) is 9.34. The number of nitrogens with one attached hydrogen (secondary N) is 1. The van der Waals surface area contributed by atoms with Crippen molar-refractivity contribution in [2.75, 3.05) is 22.7 Å². The van der Waals surface area contributed by atoms with Gasteiger partial charge in [0, 0.05) is 18.0 Å². The summed E-state index contributed by atoms with van der Waals surface area (Å²) in [5.41, 5.74) is 0.605. The molecule has 2 aromatic rings. The predicted octanol–water partition coefficient (Wildman–Crippen LogP) is 4.64. The summed E-state index contributed by atoms with van der Waals surface area (Å²) in [4.78, 5) is 12.5. The molecule has 0 aromatic heterocycles. The van der Waals surface area contributed by atoms with Gasteiger partial charge in [-0.1, -0.05) is 24.6 Å². The second kappa shape index (κ2) is 8.39. The number of carboxylic acids is 1. The third-order valence-electron chi connectivity index (χ3n) is 4.92. The summed E-state index contributed by atoms with van der Waals surface area (Å²) < 4.78 is 56.5. The van der Waals surface area contributed by atoms with Crippen LogP contribution in [0.1, 0.15) is 35.7 Å². The predicted molar refractivity (Wildman–Crippen MR) is 111 cm³/mol. The number of sulfonamides is 1. The molecule has 0 spiro atoms. The fraction of sp³-hybridized carbons (Fsp3) is 0.350. The summed E-state index contributed by atoms with van der Waals surface area (Å²) in [6.07, 6.45) is 0.402. The van der Waals surface area contributed by atoms with E-state index >= 15 is 0 Å². The van der Waals surface area contributed by atoms with E-state index in [0.717, 1.165) is 6.07 Å². The molecule has 30 heavy (non-hydrogen) atoms. The summed E-state index contributed by atoms with van der Waals surface area (Å²) in [5, 5.41) is 9.45. The van der Waals surface area contributed by atoms with Gasteiger partial charge in [0.2, 0.25) is 0 Å². The third-order valence-corrected chi connectivity index (χ3v) is 6.60. The van der Waals surface area contributed by atoms with Gasteiger partial charge >= 0.3 is 5.97 Å². The zero-order valence-corrected chi connectivity index (χ0v) is 17.7. The van der Waals surface area contributed by atoms with E-state index < -0.39 is 28.5 Å². The van der Waals surface area contributed by atoms with E-state index in [1.807, 2.05) is 0 Å². The maximum Gasteiger partial charge on any atom is 0.335 e. The maximum atomic E-state index is 13.9. The number of aromatic carboxylic acids is 1. The largest absolute Gasteiger partial charge is 0.478 e. The molecular formula is C20H21ClF2N2O4S. The molecule has 6 nitrogen and oxygen atoms in total. The molecule has 1 aliphatic rings. The SMILES string of the molecule is CCc1ccc(C(=O)O)cc1S(=O)(=O)Nc1cc(Cl)ccc1N1CCCC(F)(F)C1. The summed E-state index contributed by atoms with van der Waals surface area (Å²) in [6.45, 7) is 1.56. The molecule has 0 radical (unpaired) electrons. The molecule has 0 aliphatic carbocycles. The zero-order chi connectivity index (χ0) is 22.1. The first-order valence-corrected chi connectivity index (χ1v) is 11.2. The van der Waals surface area contributed by atoms with Gasteiger partial charge in [-0.3, -0.25) is 4.72 Å². The Kier molecular flexibility index (Phi) is 6.24. The van der Waals surface area contributed by atoms with E-state index in [1.54, 1.807) is 6.92 Å². The molecule has 1 fully saturated rings. The summed E-state index contributed by atoms with van der Waals surface area (Å²) in [5.74, 6) is -4.13. The van der Waals surface area contributed by atoms with Gasteiger partial charge in [-0.2, -0.15) is 0 Å². The lowest BCUT2D eigenvalue weighted by molar-refractivity contribution is -0.0116. The van der Waals surface area contributed by atoms with E-state index in [1.165, 1.54) is 35.2 Å². The molecule has 2 aromatic carbocycles. The highest BCUT2D eigenvalue weighted by molar-refractivity contribution is 7.92. The normalized spacial score (nSPS) is 16.3. The summed E-state index contributed by atoms with van der Waals surface area (Å²) in [7, 11) is -4.20. The number of aryl methyl sites for hydroxylation is 1. The van der Waals surface area contributed by atoms with E-state index in [0.29, 0.717) is 18.5 Å². The quantitative estimate of drug-likeness (QED) is 0.658. The Balaban J connectivity index is 2.03. The molecule has 0 unspecified atom stereocenters. The highest BCUT2D eigenvalue weighted by atomic mass is 35.5. The van der Waals surface area contributed by atoms with Gasteiger partial charge in [-0.25, -0.2) is 22.0 Å². The van der Waals surface area contributed by atoms with Gasteiger partial charge in [0.1, 0.15) is 0 Å².